The first-order chi connectivity index (χ1) is 12.5. The Balaban J connectivity index is 1.89. The second-order valence-electron chi connectivity index (χ2n) is 5.02. The minimum atomic E-state index is -0.533. The smallest absolute Gasteiger partial charge is 0.344 e. The fourth-order valence-electron chi connectivity index (χ4n) is 1.91. The zero-order valence-corrected chi connectivity index (χ0v) is 15.5. The number of carbonyl (C=O) groups is 2. The first-order valence-corrected chi connectivity index (χ1v) is 8.49. The molecule has 0 saturated heterocycles. The van der Waals surface area contributed by atoms with Gasteiger partial charge >= 0.3 is 5.97 Å². The Morgan fingerprint density at radius 1 is 1.23 bits per heavy atom. The van der Waals surface area contributed by atoms with Crippen LogP contribution in [0.1, 0.15) is 22.8 Å². The first kappa shape index (κ1) is 19.5. The molecular weight excluding hydrogens is 404 g/mol. The fourth-order valence-corrected chi connectivity index (χ4v) is 2.27. The van der Waals surface area contributed by atoms with Gasteiger partial charge in [0.25, 0.3) is 5.91 Å². The number of hydrogen-bond donors (Lipinski definition) is 2. The van der Waals surface area contributed by atoms with Gasteiger partial charge in [-0.3, -0.25) is 4.79 Å². The van der Waals surface area contributed by atoms with Crippen molar-refractivity contribution in [1.82, 2.24) is 5.43 Å². The largest absolute Gasteiger partial charge is 0.507 e. The monoisotopic (exact) mass is 420 g/mol. The van der Waals surface area contributed by atoms with Gasteiger partial charge in [-0.05, 0) is 55.0 Å². The van der Waals surface area contributed by atoms with Crippen molar-refractivity contribution in [1.29, 1.82) is 0 Å². The highest BCUT2D eigenvalue weighted by atomic mass is 79.9. The topological polar surface area (TPSA) is 97.2 Å². The van der Waals surface area contributed by atoms with E-state index in [4.69, 9.17) is 9.47 Å². The second-order valence-corrected chi connectivity index (χ2v) is 5.94. The number of hydrazone groups is 1. The van der Waals surface area contributed by atoms with Crippen LogP contribution in [0.25, 0.3) is 0 Å². The average molecular weight is 421 g/mol. The summed E-state index contributed by atoms with van der Waals surface area (Å²) < 4.78 is 10.7. The van der Waals surface area contributed by atoms with Gasteiger partial charge in [0, 0.05) is 4.47 Å². The van der Waals surface area contributed by atoms with Gasteiger partial charge in [-0.15, -0.1) is 0 Å². The molecule has 0 saturated carbocycles. The Morgan fingerprint density at radius 2 is 1.96 bits per heavy atom. The van der Waals surface area contributed by atoms with Gasteiger partial charge in [-0.2, -0.15) is 5.10 Å². The van der Waals surface area contributed by atoms with Gasteiger partial charge in [0.1, 0.15) is 11.5 Å². The molecule has 0 fully saturated rings. The molecule has 0 unspecified atom stereocenters. The third kappa shape index (κ3) is 5.89. The third-order valence-corrected chi connectivity index (χ3v) is 3.62. The molecule has 0 aromatic heterocycles. The lowest BCUT2D eigenvalue weighted by molar-refractivity contribution is -0.145. The summed E-state index contributed by atoms with van der Waals surface area (Å²) in [7, 11) is 0. The molecule has 8 heteroatoms. The number of benzene rings is 2. The van der Waals surface area contributed by atoms with Crippen LogP contribution in [0.15, 0.2) is 52.0 Å². The van der Waals surface area contributed by atoms with Gasteiger partial charge in [-0.1, -0.05) is 15.9 Å². The molecular formula is C18H17BrN2O5. The predicted molar refractivity (Wildman–Crippen MR) is 99.4 cm³/mol. The van der Waals surface area contributed by atoms with Gasteiger partial charge in [0.15, 0.2) is 6.61 Å². The predicted octanol–water partition coefficient (Wildman–Crippen LogP) is 2.86. The highest BCUT2D eigenvalue weighted by Gasteiger charge is 2.10. The quantitative estimate of drug-likeness (QED) is 0.407. The summed E-state index contributed by atoms with van der Waals surface area (Å²) in [5.74, 6) is -0.589. The standard InChI is InChI=1S/C18H17BrN2O5/c1-2-25-17(23)11-26-14-6-3-12(4-7-14)10-20-21-18(24)15-9-13(19)5-8-16(15)22/h3-10,22H,2,11H2,1H3,(H,21,24)/b20-10+. The molecule has 0 heterocycles. The number of ether oxygens (including phenoxy) is 2. The SMILES string of the molecule is CCOC(=O)COc1ccc(/C=N/NC(=O)c2cc(Br)ccc2O)cc1. The van der Waals surface area contributed by atoms with E-state index in [9.17, 15) is 14.7 Å². The highest BCUT2D eigenvalue weighted by molar-refractivity contribution is 9.10. The molecule has 2 N–H and O–H groups in total. The van der Waals surface area contributed by atoms with Crippen molar-refractivity contribution in [2.45, 2.75) is 6.92 Å². The van der Waals surface area contributed by atoms with Crippen LogP contribution in [-0.4, -0.2) is 36.4 Å². The lowest BCUT2D eigenvalue weighted by Crippen LogP contribution is -2.17. The van der Waals surface area contributed by atoms with Crippen molar-refractivity contribution in [2.75, 3.05) is 13.2 Å². The van der Waals surface area contributed by atoms with E-state index in [0.717, 1.165) is 0 Å². The maximum atomic E-state index is 12.0. The molecule has 0 bridgehead atoms. The molecule has 0 atom stereocenters. The molecule has 0 spiro atoms. The molecule has 136 valence electrons. The molecule has 0 aliphatic rings. The molecule has 0 aliphatic carbocycles. The van der Waals surface area contributed by atoms with E-state index in [1.54, 1.807) is 37.3 Å². The van der Waals surface area contributed by atoms with E-state index in [1.807, 2.05) is 0 Å². The number of carbonyl (C=O) groups excluding carboxylic acids is 2. The van der Waals surface area contributed by atoms with Crippen molar-refractivity contribution in [3.05, 3.63) is 58.1 Å². The highest BCUT2D eigenvalue weighted by Crippen LogP contribution is 2.21. The molecule has 1 amide bonds. The van der Waals surface area contributed by atoms with Crippen LogP contribution < -0.4 is 10.2 Å². The van der Waals surface area contributed by atoms with E-state index in [2.05, 4.69) is 26.5 Å². The lowest BCUT2D eigenvalue weighted by Gasteiger charge is -2.05. The normalized spacial score (nSPS) is 10.5. The molecule has 0 aliphatic heterocycles. The molecule has 26 heavy (non-hydrogen) atoms. The van der Waals surface area contributed by atoms with Gasteiger partial charge in [0.2, 0.25) is 0 Å². The molecule has 7 nitrogen and oxygen atoms in total. The maximum absolute atomic E-state index is 12.0. The number of aromatic hydroxyl groups is 1. The Labute approximate surface area is 158 Å². The number of nitrogens with zero attached hydrogens (tertiary/aromatic N) is 1. The van der Waals surface area contributed by atoms with Crippen molar-refractivity contribution in [3.63, 3.8) is 0 Å². The number of amides is 1. The fraction of sp³-hybridized carbons (Fsp3) is 0.167. The zero-order valence-electron chi connectivity index (χ0n) is 13.9. The Hall–Kier alpha value is -2.87. The van der Waals surface area contributed by atoms with E-state index in [1.165, 1.54) is 18.3 Å². The summed E-state index contributed by atoms with van der Waals surface area (Å²) in [4.78, 5) is 23.2. The van der Waals surface area contributed by atoms with Crippen LogP contribution in [0, 0.1) is 0 Å². The van der Waals surface area contributed by atoms with Crippen LogP contribution in [0.2, 0.25) is 0 Å². The summed E-state index contributed by atoms with van der Waals surface area (Å²) in [6, 6.07) is 11.3. The van der Waals surface area contributed by atoms with Crippen LogP contribution >= 0.6 is 15.9 Å². The number of esters is 1. The van der Waals surface area contributed by atoms with E-state index in [0.29, 0.717) is 22.4 Å². The Bertz CT molecular complexity index is 806. The number of hydrogen-bond acceptors (Lipinski definition) is 6. The lowest BCUT2D eigenvalue weighted by atomic mass is 10.2. The summed E-state index contributed by atoms with van der Waals surface area (Å²) >= 11 is 3.24. The first-order valence-electron chi connectivity index (χ1n) is 7.70. The van der Waals surface area contributed by atoms with E-state index in [-0.39, 0.29) is 17.9 Å². The van der Waals surface area contributed by atoms with Gasteiger partial charge in [0.05, 0.1) is 18.4 Å². The summed E-state index contributed by atoms with van der Waals surface area (Å²) in [6.07, 6.45) is 1.45. The minimum absolute atomic E-state index is 0.110. The van der Waals surface area contributed by atoms with Crippen LogP contribution in [0.4, 0.5) is 0 Å². The number of nitrogens with one attached hydrogen (secondary N) is 1. The zero-order chi connectivity index (χ0) is 18.9. The number of rotatable bonds is 7. The van der Waals surface area contributed by atoms with Crippen molar-refractivity contribution in [3.8, 4) is 11.5 Å². The molecule has 2 aromatic carbocycles. The maximum Gasteiger partial charge on any atom is 0.344 e. The average Bonchev–Trinajstić information content (AvgIpc) is 2.63. The van der Waals surface area contributed by atoms with Crippen molar-refractivity contribution in [2.24, 2.45) is 5.10 Å². The Kier molecular flexibility index (Phi) is 7.16. The molecule has 0 radical (unpaired) electrons. The third-order valence-electron chi connectivity index (χ3n) is 3.13. The summed E-state index contributed by atoms with van der Waals surface area (Å²) in [5.41, 5.74) is 3.17. The second kappa shape index (κ2) is 9.57. The molecule has 2 aromatic rings. The summed E-state index contributed by atoms with van der Waals surface area (Å²) in [5, 5.41) is 13.5. The minimum Gasteiger partial charge on any atom is -0.507 e. The number of phenolic OH excluding ortho intramolecular Hbond substituents is 1. The van der Waals surface area contributed by atoms with Crippen LogP contribution in [0.3, 0.4) is 0 Å². The van der Waals surface area contributed by atoms with Crippen LogP contribution in [-0.2, 0) is 9.53 Å². The number of halogens is 1. The van der Waals surface area contributed by atoms with Gasteiger partial charge in [-0.25, -0.2) is 10.2 Å². The van der Waals surface area contributed by atoms with E-state index >= 15 is 0 Å². The number of phenols is 1. The van der Waals surface area contributed by atoms with Crippen molar-refractivity contribution >= 4 is 34.0 Å². The molecule has 2 rings (SSSR count). The van der Waals surface area contributed by atoms with Crippen LogP contribution in [0.5, 0.6) is 11.5 Å². The van der Waals surface area contributed by atoms with Crippen molar-refractivity contribution < 1.29 is 24.2 Å². The Morgan fingerprint density at radius 3 is 2.65 bits per heavy atom. The summed E-state index contributed by atoms with van der Waals surface area (Å²) in [6.45, 7) is 1.87. The van der Waals surface area contributed by atoms with Gasteiger partial charge < -0.3 is 14.6 Å². The van der Waals surface area contributed by atoms with E-state index < -0.39 is 11.9 Å².